The summed E-state index contributed by atoms with van der Waals surface area (Å²) in [5.41, 5.74) is 1.06. The van der Waals surface area contributed by atoms with Crippen LogP contribution in [0.25, 0.3) is 0 Å². The second-order valence-electron chi connectivity index (χ2n) is 10.9. The molecule has 30 heavy (non-hydrogen) atoms. The molecule has 3 heterocycles. The maximum Gasteiger partial charge on any atom is 0.228 e. The molecule has 0 aromatic carbocycles. The Balaban J connectivity index is 1.51. The maximum absolute atomic E-state index is 12.5. The minimum Gasteiger partial charge on any atom is -0.360 e. The Morgan fingerprint density at radius 3 is 2.43 bits per heavy atom. The van der Waals surface area contributed by atoms with E-state index in [1.54, 1.807) is 11.3 Å². The van der Waals surface area contributed by atoms with Gasteiger partial charge in [0.2, 0.25) is 5.91 Å². The Morgan fingerprint density at radius 2 is 1.83 bits per heavy atom. The van der Waals surface area contributed by atoms with Gasteiger partial charge in [-0.2, -0.15) is 0 Å². The molecule has 6 nitrogen and oxygen atoms in total. The third kappa shape index (κ3) is 5.54. The molecule has 1 aromatic heterocycles. The molecular weight excluding hydrogens is 394 g/mol. The number of carbonyl (C=O) groups excluding carboxylic acids is 1. The highest BCUT2D eigenvalue weighted by Gasteiger charge is 2.33. The topological polar surface area (TPSA) is 51.7 Å². The highest BCUT2D eigenvalue weighted by Crippen LogP contribution is 2.29. The van der Waals surface area contributed by atoms with Gasteiger partial charge in [-0.3, -0.25) is 14.6 Å². The van der Waals surface area contributed by atoms with Crippen LogP contribution in [0.15, 0.2) is 5.38 Å². The summed E-state index contributed by atoms with van der Waals surface area (Å²) in [5.74, 6) is 0.256. The van der Waals surface area contributed by atoms with Gasteiger partial charge in [-0.25, -0.2) is 4.98 Å². The average molecular weight is 436 g/mol. The third-order valence-corrected chi connectivity index (χ3v) is 7.29. The molecule has 1 aromatic rings. The molecule has 0 spiro atoms. The number of thiazole rings is 1. The molecule has 1 amide bonds. The van der Waals surface area contributed by atoms with E-state index >= 15 is 0 Å². The summed E-state index contributed by atoms with van der Waals surface area (Å²) in [7, 11) is 0. The van der Waals surface area contributed by atoms with Gasteiger partial charge in [-0.15, -0.1) is 11.3 Å². The number of nitrogens with one attached hydrogen (secondary N) is 1. The van der Waals surface area contributed by atoms with Crippen LogP contribution in [0.2, 0.25) is 0 Å². The average Bonchev–Trinajstić information content (AvgIpc) is 3.33. The number of nitrogens with zero attached hydrogens (tertiary/aromatic N) is 4. The molecule has 2 atom stereocenters. The van der Waals surface area contributed by atoms with E-state index in [0.717, 1.165) is 43.5 Å². The van der Waals surface area contributed by atoms with Crippen LogP contribution < -0.4 is 5.32 Å². The standard InChI is InChI=1S/C23H41N5OS/c1-17(26-11-13-27(14-12-26)20(29)22(2,3)4)19-16-30-21(25-19)24-15-18-9-8-10-28(18)23(5,6)7/h16-18H,8-15H2,1-7H3,(H,24,25). The van der Waals surface area contributed by atoms with Gasteiger partial charge < -0.3 is 10.2 Å². The van der Waals surface area contributed by atoms with Gasteiger partial charge in [0.15, 0.2) is 5.13 Å². The monoisotopic (exact) mass is 435 g/mol. The molecule has 2 aliphatic heterocycles. The fourth-order valence-corrected chi connectivity index (χ4v) is 5.48. The third-order valence-electron chi connectivity index (χ3n) is 6.47. The second kappa shape index (κ2) is 9.13. The zero-order valence-corrected chi connectivity index (χ0v) is 20.8. The van der Waals surface area contributed by atoms with Crippen LogP contribution in [0.5, 0.6) is 0 Å². The van der Waals surface area contributed by atoms with Crippen LogP contribution in [0.4, 0.5) is 5.13 Å². The van der Waals surface area contributed by atoms with Crippen LogP contribution in [-0.2, 0) is 4.79 Å². The number of hydrogen-bond donors (Lipinski definition) is 1. The lowest BCUT2D eigenvalue weighted by Crippen LogP contribution is -2.52. The lowest BCUT2D eigenvalue weighted by molar-refractivity contribution is -0.141. The molecule has 2 fully saturated rings. The minimum atomic E-state index is -0.300. The summed E-state index contributed by atoms with van der Waals surface area (Å²) in [6, 6.07) is 0.865. The SMILES string of the molecule is CC(c1csc(NCC2CCCN2C(C)(C)C)n1)N1CCN(C(=O)C(C)(C)C)CC1. The van der Waals surface area contributed by atoms with E-state index in [1.165, 1.54) is 19.4 Å². The van der Waals surface area contributed by atoms with Crippen molar-refractivity contribution >= 4 is 22.4 Å². The summed E-state index contributed by atoms with van der Waals surface area (Å²) in [6.45, 7) is 20.7. The van der Waals surface area contributed by atoms with Crippen LogP contribution in [-0.4, -0.2) is 76.4 Å². The normalized spacial score (nSPS) is 23.0. The van der Waals surface area contributed by atoms with E-state index in [1.807, 2.05) is 25.7 Å². The van der Waals surface area contributed by atoms with E-state index in [-0.39, 0.29) is 22.9 Å². The molecule has 7 heteroatoms. The highest BCUT2D eigenvalue weighted by molar-refractivity contribution is 7.13. The summed E-state index contributed by atoms with van der Waals surface area (Å²) < 4.78 is 0. The fourth-order valence-electron chi connectivity index (χ4n) is 4.67. The van der Waals surface area contributed by atoms with E-state index in [2.05, 4.69) is 48.2 Å². The van der Waals surface area contributed by atoms with Crippen LogP contribution >= 0.6 is 11.3 Å². The van der Waals surface area contributed by atoms with Gasteiger partial charge in [0.1, 0.15) is 0 Å². The molecule has 0 saturated carbocycles. The van der Waals surface area contributed by atoms with Crippen molar-refractivity contribution in [2.45, 2.75) is 78.9 Å². The first kappa shape index (κ1) is 23.5. The van der Waals surface area contributed by atoms with Gasteiger partial charge in [-0.05, 0) is 47.1 Å². The largest absolute Gasteiger partial charge is 0.360 e. The fraction of sp³-hybridized carbons (Fsp3) is 0.826. The predicted octanol–water partition coefficient (Wildman–Crippen LogP) is 4.07. The zero-order valence-electron chi connectivity index (χ0n) is 20.0. The number of hydrogen-bond acceptors (Lipinski definition) is 6. The van der Waals surface area contributed by atoms with Crippen molar-refractivity contribution in [1.29, 1.82) is 0 Å². The summed E-state index contributed by atoms with van der Waals surface area (Å²) in [4.78, 5) is 24.5. The number of carbonyl (C=O) groups is 1. The Labute approximate surface area is 187 Å². The smallest absolute Gasteiger partial charge is 0.228 e. The molecular formula is C23H41N5OS. The van der Waals surface area contributed by atoms with E-state index in [4.69, 9.17) is 4.98 Å². The van der Waals surface area contributed by atoms with Crippen molar-refractivity contribution in [3.8, 4) is 0 Å². The first-order valence-corrected chi connectivity index (χ1v) is 12.3. The van der Waals surface area contributed by atoms with E-state index < -0.39 is 0 Å². The van der Waals surface area contributed by atoms with Gasteiger partial charge in [0, 0.05) is 55.1 Å². The zero-order chi connectivity index (χ0) is 22.1. The van der Waals surface area contributed by atoms with Crippen molar-refractivity contribution in [3.63, 3.8) is 0 Å². The minimum absolute atomic E-state index is 0.224. The van der Waals surface area contributed by atoms with Gasteiger partial charge in [0.05, 0.1) is 11.7 Å². The maximum atomic E-state index is 12.5. The Morgan fingerprint density at radius 1 is 1.17 bits per heavy atom. The molecule has 170 valence electrons. The van der Waals surface area contributed by atoms with Crippen LogP contribution in [0.1, 0.15) is 73.0 Å². The van der Waals surface area contributed by atoms with Crippen molar-refractivity contribution in [2.75, 3.05) is 44.6 Å². The number of piperazine rings is 1. The number of amides is 1. The van der Waals surface area contributed by atoms with E-state index in [9.17, 15) is 4.79 Å². The lowest BCUT2D eigenvalue weighted by atomic mass is 9.94. The number of likely N-dealkylation sites (tertiary alicyclic amines) is 1. The molecule has 2 unspecified atom stereocenters. The summed E-state index contributed by atoms with van der Waals surface area (Å²) >= 11 is 1.71. The van der Waals surface area contributed by atoms with Gasteiger partial charge in [0.25, 0.3) is 0 Å². The Bertz CT molecular complexity index is 712. The van der Waals surface area contributed by atoms with Gasteiger partial charge in [-0.1, -0.05) is 20.8 Å². The van der Waals surface area contributed by atoms with Crippen molar-refractivity contribution in [2.24, 2.45) is 5.41 Å². The summed E-state index contributed by atoms with van der Waals surface area (Å²) in [6.07, 6.45) is 2.55. The molecule has 2 saturated heterocycles. The Kier molecular flexibility index (Phi) is 7.15. The highest BCUT2D eigenvalue weighted by atomic mass is 32.1. The summed E-state index contributed by atoms with van der Waals surface area (Å²) in [5, 5.41) is 6.82. The molecule has 2 aliphatic rings. The van der Waals surface area contributed by atoms with Crippen molar-refractivity contribution < 1.29 is 4.79 Å². The Hall–Kier alpha value is -1.18. The lowest BCUT2D eigenvalue weighted by Gasteiger charge is -2.39. The molecule has 0 aliphatic carbocycles. The molecule has 3 rings (SSSR count). The number of aromatic nitrogens is 1. The van der Waals surface area contributed by atoms with Gasteiger partial charge >= 0.3 is 0 Å². The van der Waals surface area contributed by atoms with Crippen LogP contribution in [0, 0.1) is 5.41 Å². The molecule has 0 bridgehead atoms. The second-order valence-corrected chi connectivity index (χ2v) is 11.7. The predicted molar refractivity (Wildman–Crippen MR) is 126 cm³/mol. The van der Waals surface area contributed by atoms with E-state index in [0.29, 0.717) is 6.04 Å². The molecule has 1 N–H and O–H groups in total. The van der Waals surface area contributed by atoms with Crippen molar-refractivity contribution in [3.05, 3.63) is 11.1 Å². The number of anilines is 1. The van der Waals surface area contributed by atoms with Crippen molar-refractivity contribution in [1.82, 2.24) is 19.7 Å². The first-order valence-electron chi connectivity index (χ1n) is 11.5. The quantitative estimate of drug-likeness (QED) is 0.756. The number of rotatable bonds is 5. The van der Waals surface area contributed by atoms with Crippen LogP contribution in [0.3, 0.4) is 0 Å². The molecule has 0 radical (unpaired) electrons. The first-order chi connectivity index (χ1) is 14.0.